The standard InChI is InChI=1S/C14H12N6O2/c21-13-7-10(1-6-16-13)14(22)17-8-11-9-20(19-18-11)12-2-4-15-5-3-12/h1-7,9H,8H2,(H,16,21)(H,17,22). The lowest BCUT2D eigenvalue weighted by Crippen LogP contribution is -2.24. The summed E-state index contributed by atoms with van der Waals surface area (Å²) in [5, 5.41) is 10.7. The van der Waals surface area contributed by atoms with E-state index in [1.54, 1.807) is 35.4 Å². The third-order valence-electron chi connectivity index (χ3n) is 2.94. The average Bonchev–Trinajstić information content (AvgIpc) is 3.02. The molecule has 0 aliphatic heterocycles. The predicted molar refractivity (Wildman–Crippen MR) is 77.4 cm³/mol. The Labute approximate surface area is 124 Å². The molecule has 0 saturated heterocycles. The number of hydrogen-bond acceptors (Lipinski definition) is 5. The van der Waals surface area contributed by atoms with Crippen molar-refractivity contribution in [2.45, 2.75) is 6.54 Å². The van der Waals surface area contributed by atoms with Gasteiger partial charge in [-0.15, -0.1) is 5.10 Å². The highest BCUT2D eigenvalue weighted by Gasteiger charge is 2.08. The molecule has 8 heteroatoms. The topological polar surface area (TPSA) is 106 Å². The summed E-state index contributed by atoms with van der Waals surface area (Å²) in [4.78, 5) is 29.5. The van der Waals surface area contributed by atoms with Gasteiger partial charge in [-0.3, -0.25) is 14.6 Å². The summed E-state index contributed by atoms with van der Waals surface area (Å²) in [7, 11) is 0. The monoisotopic (exact) mass is 296 g/mol. The van der Waals surface area contributed by atoms with Crippen molar-refractivity contribution < 1.29 is 4.79 Å². The normalized spacial score (nSPS) is 10.4. The van der Waals surface area contributed by atoms with Crippen LogP contribution in [0.4, 0.5) is 0 Å². The molecule has 1 amide bonds. The SMILES string of the molecule is O=C(NCc1cn(-c2ccncc2)nn1)c1cc[nH]c(=O)c1. The number of aromatic amines is 1. The number of carbonyl (C=O) groups excluding carboxylic acids is 1. The molecule has 3 rings (SSSR count). The Morgan fingerprint density at radius 2 is 2.09 bits per heavy atom. The Bertz CT molecular complexity index is 840. The summed E-state index contributed by atoms with van der Waals surface area (Å²) in [5.74, 6) is -0.343. The van der Waals surface area contributed by atoms with Gasteiger partial charge >= 0.3 is 0 Å². The molecule has 0 bridgehead atoms. The van der Waals surface area contributed by atoms with Crippen LogP contribution in [0.2, 0.25) is 0 Å². The zero-order valence-electron chi connectivity index (χ0n) is 11.4. The van der Waals surface area contributed by atoms with Crippen LogP contribution in [0.1, 0.15) is 16.1 Å². The summed E-state index contributed by atoms with van der Waals surface area (Å²) >= 11 is 0. The maximum Gasteiger partial charge on any atom is 0.251 e. The van der Waals surface area contributed by atoms with E-state index in [2.05, 4.69) is 25.6 Å². The van der Waals surface area contributed by atoms with Gasteiger partial charge < -0.3 is 10.3 Å². The van der Waals surface area contributed by atoms with Crippen LogP contribution < -0.4 is 10.9 Å². The Kier molecular flexibility index (Phi) is 3.73. The molecule has 8 nitrogen and oxygen atoms in total. The fraction of sp³-hybridized carbons (Fsp3) is 0.0714. The summed E-state index contributed by atoms with van der Waals surface area (Å²) in [6, 6.07) is 6.37. The highest BCUT2D eigenvalue weighted by atomic mass is 16.2. The van der Waals surface area contributed by atoms with Crippen molar-refractivity contribution in [2.24, 2.45) is 0 Å². The van der Waals surface area contributed by atoms with Crippen LogP contribution in [-0.2, 0) is 6.54 Å². The molecule has 0 fully saturated rings. The molecule has 110 valence electrons. The maximum atomic E-state index is 11.9. The molecular weight excluding hydrogens is 284 g/mol. The van der Waals surface area contributed by atoms with Gasteiger partial charge in [-0.05, 0) is 18.2 Å². The van der Waals surface area contributed by atoms with Gasteiger partial charge in [-0.1, -0.05) is 5.21 Å². The Balaban J connectivity index is 1.66. The number of H-pyrrole nitrogens is 1. The van der Waals surface area contributed by atoms with E-state index in [9.17, 15) is 9.59 Å². The molecule has 3 aromatic rings. The van der Waals surface area contributed by atoms with Crippen molar-refractivity contribution in [3.8, 4) is 5.69 Å². The molecule has 0 saturated carbocycles. The van der Waals surface area contributed by atoms with Crippen LogP contribution in [0.15, 0.2) is 53.8 Å². The Morgan fingerprint density at radius 1 is 1.27 bits per heavy atom. The second-order valence-electron chi connectivity index (χ2n) is 4.48. The summed E-state index contributed by atoms with van der Waals surface area (Å²) in [6.45, 7) is 0.219. The van der Waals surface area contributed by atoms with Gasteiger partial charge in [0.15, 0.2) is 0 Å². The number of hydrogen-bond donors (Lipinski definition) is 2. The van der Waals surface area contributed by atoms with E-state index in [1.807, 2.05) is 0 Å². The van der Waals surface area contributed by atoms with Gasteiger partial charge in [-0.2, -0.15) is 0 Å². The number of amides is 1. The number of nitrogens with one attached hydrogen (secondary N) is 2. The average molecular weight is 296 g/mol. The molecule has 0 aromatic carbocycles. The van der Waals surface area contributed by atoms with E-state index >= 15 is 0 Å². The Morgan fingerprint density at radius 3 is 2.86 bits per heavy atom. The third kappa shape index (κ3) is 3.06. The number of aromatic nitrogens is 5. The minimum atomic E-state index is -0.343. The number of carbonyl (C=O) groups is 1. The van der Waals surface area contributed by atoms with Crippen molar-refractivity contribution in [1.82, 2.24) is 30.3 Å². The maximum absolute atomic E-state index is 11.9. The molecule has 0 aliphatic carbocycles. The van der Waals surface area contributed by atoms with Crippen LogP contribution in [0.25, 0.3) is 5.69 Å². The van der Waals surface area contributed by atoms with E-state index in [0.29, 0.717) is 11.3 Å². The van der Waals surface area contributed by atoms with Gasteiger partial charge in [0.2, 0.25) is 5.56 Å². The first-order chi connectivity index (χ1) is 10.7. The zero-order chi connectivity index (χ0) is 15.4. The minimum absolute atomic E-state index is 0.219. The quantitative estimate of drug-likeness (QED) is 0.719. The molecular formula is C14H12N6O2. The lowest BCUT2D eigenvalue weighted by Gasteiger charge is -2.02. The van der Waals surface area contributed by atoms with E-state index in [1.165, 1.54) is 18.3 Å². The second kappa shape index (κ2) is 6.00. The fourth-order valence-corrected chi connectivity index (χ4v) is 1.86. The molecule has 0 radical (unpaired) electrons. The molecule has 3 aromatic heterocycles. The second-order valence-corrected chi connectivity index (χ2v) is 4.48. The van der Waals surface area contributed by atoms with E-state index in [-0.39, 0.29) is 18.0 Å². The van der Waals surface area contributed by atoms with Crippen molar-refractivity contribution in [2.75, 3.05) is 0 Å². The number of pyridine rings is 2. The molecule has 0 unspecified atom stereocenters. The first kappa shape index (κ1) is 13.7. The van der Waals surface area contributed by atoms with Gasteiger partial charge in [0, 0.05) is 30.2 Å². The largest absolute Gasteiger partial charge is 0.346 e. The first-order valence-electron chi connectivity index (χ1n) is 6.51. The highest BCUT2D eigenvalue weighted by molar-refractivity contribution is 5.93. The third-order valence-corrected chi connectivity index (χ3v) is 2.94. The minimum Gasteiger partial charge on any atom is -0.346 e. The molecule has 22 heavy (non-hydrogen) atoms. The number of rotatable bonds is 4. The molecule has 0 atom stereocenters. The summed E-state index contributed by atoms with van der Waals surface area (Å²) in [5.41, 5.74) is 1.41. The van der Waals surface area contributed by atoms with Crippen LogP contribution in [0, 0.1) is 0 Å². The van der Waals surface area contributed by atoms with Crippen molar-refractivity contribution in [3.63, 3.8) is 0 Å². The lowest BCUT2D eigenvalue weighted by atomic mass is 10.2. The van der Waals surface area contributed by atoms with Gasteiger partial charge in [0.25, 0.3) is 5.91 Å². The summed E-state index contributed by atoms with van der Waals surface area (Å²) < 4.78 is 1.59. The van der Waals surface area contributed by atoms with Crippen LogP contribution in [-0.4, -0.2) is 30.9 Å². The highest BCUT2D eigenvalue weighted by Crippen LogP contribution is 2.04. The first-order valence-corrected chi connectivity index (χ1v) is 6.51. The van der Waals surface area contributed by atoms with Crippen LogP contribution in [0.5, 0.6) is 0 Å². The fourth-order valence-electron chi connectivity index (χ4n) is 1.86. The zero-order valence-corrected chi connectivity index (χ0v) is 11.4. The molecule has 2 N–H and O–H groups in total. The van der Waals surface area contributed by atoms with Crippen molar-refractivity contribution >= 4 is 5.91 Å². The van der Waals surface area contributed by atoms with E-state index < -0.39 is 0 Å². The Hall–Kier alpha value is -3.29. The molecule has 3 heterocycles. The predicted octanol–water partition coefficient (Wildman–Crippen LogP) is 0.281. The van der Waals surface area contributed by atoms with Crippen LogP contribution in [0.3, 0.4) is 0 Å². The van der Waals surface area contributed by atoms with Gasteiger partial charge in [0.05, 0.1) is 18.4 Å². The van der Waals surface area contributed by atoms with E-state index in [4.69, 9.17) is 0 Å². The van der Waals surface area contributed by atoms with Gasteiger partial charge in [-0.25, -0.2) is 4.68 Å². The molecule has 0 spiro atoms. The smallest absolute Gasteiger partial charge is 0.251 e. The summed E-state index contributed by atoms with van der Waals surface area (Å²) in [6.07, 6.45) is 6.46. The van der Waals surface area contributed by atoms with Crippen LogP contribution >= 0.6 is 0 Å². The van der Waals surface area contributed by atoms with E-state index in [0.717, 1.165) is 5.69 Å². The molecule has 0 aliphatic rings. The lowest BCUT2D eigenvalue weighted by molar-refractivity contribution is 0.0950. The number of nitrogens with zero attached hydrogens (tertiary/aromatic N) is 4. The van der Waals surface area contributed by atoms with Crippen molar-refractivity contribution in [3.05, 3.63) is 70.7 Å². The van der Waals surface area contributed by atoms with Crippen molar-refractivity contribution in [1.29, 1.82) is 0 Å². The van der Waals surface area contributed by atoms with Gasteiger partial charge in [0.1, 0.15) is 5.69 Å².